The summed E-state index contributed by atoms with van der Waals surface area (Å²) < 4.78 is 0. The van der Waals surface area contributed by atoms with E-state index in [1.54, 1.807) is 23.1 Å². The number of carbonyl (C=O) groups excluding carboxylic acids is 2. The topological polar surface area (TPSA) is 37.4 Å². The van der Waals surface area contributed by atoms with Gasteiger partial charge in [-0.3, -0.25) is 14.5 Å². The average Bonchev–Trinajstić information content (AvgIpc) is 2.99. The van der Waals surface area contributed by atoms with E-state index < -0.39 is 5.54 Å². The maximum Gasteiger partial charge on any atom is 0.252 e. The van der Waals surface area contributed by atoms with Gasteiger partial charge in [0, 0.05) is 23.1 Å². The molecule has 0 spiro atoms. The van der Waals surface area contributed by atoms with Gasteiger partial charge in [-0.05, 0) is 34.9 Å². The normalized spacial score (nSPS) is 20.6. The van der Waals surface area contributed by atoms with Gasteiger partial charge in [0.25, 0.3) is 5.91 Å². The zero-order valence-electron chi connectivity index (χ0n) is 14.9. The highest BCUT2D eigenvalue weighted by Crippen LogP contribution is 2.52. The first-order valence-electron chi connectivity index (χ1n) is 9.12. The van der Waals surface area contributed by atoms with Gasteiger partial charge in [-0.1, -0.05) is 72.3 Å². The minimum atomic E-state index is -1.09. The fourth-order valence-corrected chi connectivity index (χ4v) is 4.62. The number of para-hydroxylation sites is 1. The van der Waals surface area contributed by atoms with Crippen molar-refractivity contribution in [2.45, 2.75) is 12.0 Å². The number of fused-ring (bicyclic) bond motifs is 3. The molecule has 3 aromatic carbocycles. The molecule has 3 aromatic rings. The van der Waals surface area contributed by atoms with E-state index in [1.807, 2.05) is 66.7 Å². The van der Waals surface area contributed by atoms with Gasteiger partial charge >= 0.3 is 0 Å². The monoisotopic (exact) mass is 385 g/mol. The molecule has 2 aliphatic rings. The molecule has 5 rings (SSSR count). The highest BCUT2D eigenvalue weighted by atomic mass is 35.5. The smallest absolute Gasteiger partial charge is 0.252 e. The largest absolute Gasteiger partial charge is 0.291 e. The molecule has 0 unspecified atom stereocenters. The van der Waals surface area contributed by atoms with Crippen molar-refractivity contribution < 1.29 is 9.59 Å². The lowest BCUT2D eigenvalue weighted by Crippen LogP contribution is -2.52. The van der Waals surface area contributed by atoms with Crippen LogP contribution in [0, 0.1) is 0 Å². The van der Waals surface area contributed by atoms with Crippen LogP contribution >= 0.6 is 11.6 Å². The number of hydrogen-bond donors (Lipinski definition) is 0. The molecule has 2 aliphatic heterocycles. The second-order valence-corrected chi connectivity index (χ2v) is 7.48. The van der Waals surface area contributed by atoms with Gasteiger partial charge in [0.15, 0.2) is 5.78 Å². The molecule has 0 aromatic heterocycles. The van der Waals surface area contributed by atoms with E-state index in [2.05, 4.69) is 0 Å². The van der Waals surface area contributed by atoms with Crippen molar-refractivity contribution in [3.8, 4) is 0 Å². The first-order chi connectivity index (χ1) is 13.6. The van der Waals surface area contributed by atoms with E-state index in [0.29, 0.717) is 22.7 Å². The molecule has 0 fully saturated rings. The summed E-state index contributed by atoms with van der Waals surface area (Å²) in [5.74, 6) is -0.261. The zero-order valence-corrected chi connectivity index (χ0v) is 15.7. The van der Waals surface area contributed by atoms with Gasteiger partial charge in [0.2, 0.25) is 0 Å². The average molecular weight is 386 g/mol. The number of nitrogens with zero attached hydrogens (tertiary/aromatic N) is 1. The van der Waals surface area contributed by atoms with Crippen LogP contribution in [0.3, 0.4) is 0 Å². The molecule has 0 N–H and O–H groups in total. The Morgan fingerprint density at radius 2 is 1.43 bits per heavy atom. The number of halogens is 1. The maximum absolute atomic E-state index is 13.7. The second-order valence-electron chi connectivity index (χ2n) is 7.07. The number of anilines is 1. The van der Waals surface area contributed by atoms with Crippen LogP contribution in [0.4, 0.5) is 5.69 Å². The highest BCUT2D eigenvalue weighted by molar-refractivity contribution is 6.33. The summed E-state index contributed by atoms with van der Waals surface area (Å²) in [6.45, 7) is 0. The number of Topliss-reactive ketones (excluding diaryl/α,β-unsaturated/α-hetero) is 1. The van der Waals surface area contributed by atoms with Crippen molar-refractivity contribution in [3.05, 3.63) is 107 Å². The number of ketones is 1. The molecule has 0 saturated heterocycles. The van der Waals surface area contributed by atoms with E-state index in [1.165, 1.54) is 0 Å². The molecule has 136 valence electrons. The quantitative estimate of drug-likeness (QED) is 0.604. The van der Waals surface area contributed by atoms with Crippen LogP contribution in [0.1, 0.15) is 27.9 Å². The molecule has 0 radical (unpaired) electrons. The van der Waals surface area contributed by atoms with E-state index in [-0.39, 0.29) is 11.7 Å². The van der Waals surface area contributed by atoms with Gasteiger partial charge in [0.05, 0.1) is 5.69 Å². The fraction of sp³-hybridized carbons (Fsp3) is 0.0833. The fourth-order valence-electron chi connectivity index (χ4n) is 4.37. The Morgan fingerprint density at radius 3 is 2.18 bits per heavy atom. The van der Waals surface area contributed by atoms with Gasteiger partial charge in [-0.15, -0.1) is 0 Å². The summed E-state index contributed by atoms with van der Waals surface area (Å²) in [6, 6.07) is 24.3. The van der Waals surface area contributed by atoms with Gasteiger partial charge in [-0.2, -0.15) is 0 Å². The summed E-state index contributed by atoms with van der Waals surface area (Å²) in [5.41, 5.74) is 2.52. The third kappa shape index (κ3) is 2.23. The lowest BCUT2D eigenvalue weighted by atomic mass is 9.76. The van der Waals surface area contributed by atoms with Crippen molar-refractivity contribution in [2.24, 2.45) is 0 Å². The SMILES string of the molecule is O=C1C=C(c2ccccc2Cl)C[C@]2(c3ccccc3)C(=O)c3ccccc3N12. The predicted octanol–water partition coefficient (Wildman–Crippen LogP) is 5.25. The van der Waals surface area contributed by atoms with E-state index in [0.717, 1.165) is 16.7 Å². The predicted molar refractivity (Wildman–Crippen MR) is 110 cm³/mol. The zero-order chi connectivity index (χ0) is 19.3. The third-order valence-electron chi connectivity index (χ3n) is 5.58. The molecule has 1 amide bonds. The molecular formula is C24H16ClNO2. The summed E-state index contributed by atoms with van der Waals surface area (Å²) in [5, 5.41) is 0.571. The molecular weight excluding hydrogens is 370 g/mol. The van der Waals surface area contributed by atoms with E-state index in [9.17, 15) is 9.59 Å². The third-order valence-corrected chi connectivity index (χ3v) is 5.91. The Kier molecular flexibility index (Phi) is 3.74. The number of amides is 1. The standard InChI is InChI=1S/C24H16ClNO2/c25-20-12-6-4-10-18(20)16-14-22(27)26-21-13-7-5-11-19(21)23(28)24(26,15-16)17-8-2-1-3-9-17/h1-14H,15H2/t24-/m0/s1. The number of benzene rings is 3. The molecule has 0 bridgehead atoms. The van der Waals surface area contributed by atoms with E-state index >= 15 is 0 Å². The molecule has 1 atom stereocenters. The Bertz CT molecular complexity index is 1150. The second kappa shape index (κ2) is 6.18. The van der Waals surface area contributed by atoms with Crippen molar-refractivity contribution in [1.82, 2.24) is 0 Å². The minimum Gasteiger partial charge on any atom is -0.291 e. The summed E-state index contributed by atoms with van der Waals surface area (Å²) in [4.78, 5) is 28.7. The van der Waals surface area contributed by atoms with E-state index in [4.69, 9.17) is 11.6 Å². The summed E-state index contributed by atoms with van der Waals surface area (Å²) in [6.07, 6.45) is 1.98. The van der Waals surface area contributed by atoms with Crippen molar-refractivity contribution in [2.75, 3.05) is 4.90 Å². The Morgan fingerprint density at radius 1 is 0.786 bits per heavy atom. The van der Waals surface area contributed by atoms with Crippen molar-refractivity contribution >= 4 is 34.6 Å². The molecule has 0 saturated carbocycles. The van der Waals surface area contributed by atoms with Gasteiger partial charge in [-0.25, -0.2) is 0 Å². The Balaban J connectivity index is 1.77. The first kappa shape index (κ1) is 17.0. The van der Waals surface area contributed by atoms with Gasteiger partial charge < -0.3 is 0 Å². The van der Waals surface area contributed by atoms with Crippen LogP contribution in [0.5, 0.6) is 0 Å². The lowest BCUT2D eigenvalue weighted by Gasteiger charge is -2.41. The van der Waals surface area contributed by atoms with Crippen LogP contribution in [-0.4, -0.2) is 11.7 Å². The Labute approximate surface area is 167 Å². The lowest BCUT2D eigenvalue weighted by molar-refractivity contribution is -0.115. The number of rotatable bonds is 2. The summed E-state index contributed by atoms with van der Waals surface area (Å²) >= 11 is 6.41. The molecule has 2 heterocycles. The van der Waals surface area contributed by atoms with Crippen LogP contribution in [0.15, 0.2) is 84.9 Å². The molecule has 28 heavy (non-hydrogen) atoms. The van der Waals surface area contributed by atoms with Crippen molar-refractivity contribution in [3.63, 3.8) is 0 Å². The van der Waals surface area contributed by atoms with Crippen LogP contribution in [0.2, 0.25) is 5.02 Å². The van der Waals surface area contributed by atoms with Crippen LogP contribution in [-0.2, 0) is 10.3 Å². The Hall–Kier alpha value is -3.17. The van der Waals surface area contributed by atoms with Crippen molar-refractivity contribution in [1.29, 1.82) is 0 Å². The number of carbonyl (C=O) groups is 2. The van der Waals surface area contributed by atoms with Crippen LogP contribution < -0.4 is 4.90 Å². The molecule has 4 heteroatoms. The number of hydrogen-bond acceptors (Lipinski definition) is 2. The van der Waals surface area contributed by atoms with Crippen LogP contribution in [0.25, 0.3) is 5.57 Å². The molecule has 3 nitrogen and oxygen atoms in total. The highest BCUT2D eigenvalue weighted by Gasteiger charge is 2.56. The summed E-state index contributed by atoms with van der Waals surface area (Å²) in [7, 11) is 0. The maximum atomic E-state index is 13.7. The first-order valence-corrected chi connectivity index (χ1v) is 9.50. The minimum absolute atomic E-state index is 0.0553. The van der Waals surface area contributed by atoms with Gasteiger partial charge in [0.1, 0.15) is 5.54 Å². The molecule has 0 aliphatic carbocycles.